The van der Waals surface area contributed by atoms with Crippen molar-refractivity contribution in [2.24, 2.45) is 0 Å². The summed E-state index contributed by atoms with van der Waals surface area (Å²) in [5.41, 5.74) is 1.21. The SMILES string of the molecule is O=C(Nc1ccc(C(=O)N2CCCC2)cc1)c1nc(Cl)ccc1Cl. The summed E-state index contributed by atoms with van der Waals surface area (Å²) in [4.78, 5) is 30.3. The number of hydrogen-bond acceptors (Lipinski definition) is 3. The second kappa shape index (κ2) is 7.20. The molecule has 0 bridgehead atoms. The molecule has 2 heterocycles. The van der Waals surface area contributed by atoms with E-state index in [0.717, 1.165) is 25.9 Å². The molecule has 0 unspecified atom stereocenters. The zero-order chi connectivity index (χ0) is 17.1. The van der Waals surface area contributed by atoms with Crippen LogP contribution in [0.15, 0.2) is 36.4 Å². The van der Waals surface area contributed by atoms with E-state index in [2.05, 4.69) is 10.3 Å². The Balaban J connectivity index is 1.70. The highest BCUT2D eigenvalue weighted by Crippen LogP contribution is 2.19. The van der Waals surface area contributed by atoms with Gasteiger partial charge in [-0.05, 0) is 49.2 Å². The fraction of sp³-hybridized carbons (Fsp3) is 0.235. The van der Waals surface area contributed by atoms with E-state index in [1.54, 1.807) is 24.3 Å². The van der Waals surface area contributed by atoms with Crippen molar-refractivity contribution in [3.05, 3.63) is 57.8 Å². The standard InChI is InChI=1S/C17H15Cl2N3O2/c18-13-7-8-14(19)21-15(13)16(23)20-12-5-3-11(4-6-12)17(24)22-9-1-2-10-22/h3-8H,1-2,9-10H2,(H,20,23). The van der Waals surface area contributed by atoms with Gasteiger partial charge in [0.2, 0.25) is 0 Å². The lowest BCUT2D eigenvalue weighted by Gasteiger charge is -2.15. The number of amides is 2. The highest BCUT2D eigenvalue weighted by atomic mass is 35.5. The first-order valence-electron chi connectivity index (χ1n) is 7.57. The quantitative estimate of drug-likeness (QED) is 0.841. The second-order valence-electron chi connectivity index (χ2n) is 5.50. The minimum atomic E-state index is -0.457. The lowest BCUT2D eigenvalue weighted by molar-refractivity contribution is 0.0792. The number of pyridine rings is 1. The molecular formula is C17H15Cl2N3O2. The Morgan fingerprint density at radius 3 is 2.33 bits per heavy atom. The maximum absolute atomic E-state index is 12.3. The molecule has 0 aliphatic carbocycles. The Labute approximate surface area is 149 Å². The summed E-state index contributed by atoms with van der Waals surface area (Å²) in [6, 6.07) is 9.79. The van der Waals surface area contributed by atoms with Crippen LogP contribution in [-0.2, 0) is 0 Å². The molecule has 0 spiro atoms. The molecule has 1 N–H and O–H groups in total. The van der Waals surface area contributed by atoms with Crippen molar-refractivity contribution >= 4 is 40.7 Å². The van der Waals surface area contributed by atoms with Gasteiger partial charge in [-0.2, -0.15) is 0 Å². The summed E-state index contributed by atoms with van der Waals surface area (Å²) in [6.07, 6.45) is 2.10. The highest BCUT2D eigenvalue weighted by Gasteiger charge is 2.19. The number of rotatable bonds is 3. The summed E-state index contributed by atoms with van der Waals surface area (Å²) in [6.45, 7) is 1.60. The molecule has 1 fully saturated rings. The van der Waals surface area contributed by atoms with Crippen molar-refractivity contribution in [2.45, 2.75) is 12.8 Å². The third-order valence-electron chi connectivity index (χ3n) is 3.81. The van der Waals surface area contributed by atoms with E-state index in [1.165, 1.54) is 12.1 Å². The maximum atomic E-state index is 12.3. The van der Waals surface area contributed by atoms with Crippen LogP contribution < -0.4 is 5.32 Å². The Bertz CT molecular complexity index is 772. The normalized spacial score (nSPS) is 13.8. The smallest absolute Gasteiger partial charge is 0.275 e. The number of nitrogens with zero attached hydrogens (tertiary/aromatic N) is 2. The molecule has 3 rings (SSSR count). The highest BCUT2D eigenvalue weighted by molar-refractivity contribution is 6.35. The minimum Gasteiger partial charge on any atom is -0.339 e. The van der Waals surface area contributed by atoms with E-state index < -0.39 is 5.91 Å². The third kappa shape index (κ3) is 3.68. The summed E-state index contributed by atoms with van der Waals surface area (Å²) in [7, 11) is 0. The van der Waals surface area contributed by atoms with Gasteiger partial charge in [-0.3, -0.25) is 9.59 Å². The van der Waals surface area contributed by atoms with Gasteiger partial charge in [0.05, 0.1) is 5.02 Å². The van der Waals surface area contributed by atoms with Crippen LogP contribution >= 0.6 is 23.2 Å². The number of likely N-dealkylation sites (tertiary alicyclic amines) is 1. The number of carbonyl (C=O) groups is 2. The van der Waals surface area contributed by atoms with Gasteiger partial charge in [0.15, 0.2) is 0 Å². The molecule has 1 saturated heterocycles. The van der Waals surface area contributed by atoms with Gasteiger partial charge >= 0.3 is 0 Å². The molecule has 7 heteroatoms. The van der Waals surface area contributed by atoms with Crippen LogP contribution in [0, 0.1) is 0 Å². The molecule has 0 radical (unpaired) electrons. The van der Waals surface area contributed by atoms with Crippen LogP contribution in [0.1, 0.15) is 33.7 Å². The van der Waals surface area contributed by atoms with Crippen molar-refractivity contribution in [3.8, 4) is 0 Å². The fourth-order valence-electron chi connectivity index (χ4n) is 2.57. The summed E-state index contributed by atoms with van der Waals surface area (Å²) in [5.74, 6) is -0.439. The predicted molar refractivity (Wildman–Crippen MR) is 93.8 cm³/mol. The van der Waals surface area contributed by atoms with Gasteiger partial charge < -0.3 is 10.2 Å². The fourth-order valence-corrected chi connectivity index (χ4v) is 2.91. The zero-order valence-electron chi connectivity index (χ0n) is 12.8. The van der Waals surface area contributed by atoms with Gasteiger partial charge in [-0.25, -0.2) is 4.98 Å². The number of benzene rings is 1. The lowest BCUT2D eigenvalue weighted by atomic mass is 10.2. The van der Waals surface area contributed by atoms with Gasteiger partial charge in [-0.15, -0.1) is 0 Å². The van der Waals surface area contributed by atoms with Gasteiger partial charge in [0, 0.05) is 24.3 Å². The molecule has 1 aromatic heterocycles. The molecule has 1 aliphatic rings. The largest absolute Gasteiger partial charge is 0.339 e. The van der Waals surface area contributed by atoms with E-state index >= 15 is 0 Å². The van der Waals surface area contributed by atoms with Gasteiger partial charge in [0.25, 0.3) is 11.8 Å². The van der Waals surface area contributed by atoms with E-state index in [-0.39, 0.29) is 21.8 Å². The van der Waals surface area contributed by atoms with Crippen LogP contribution in [0.3, 0.4) is 0 Å². The number of hydrogen-bond donors (Lipinski definition) is 1. The number of nitrogens with one attached hydrogen (secondary N) is 1. The Morgan fingerprint density at radius 2 is 1.67 bits per heavy atom. The van der Waals surface area contributed by atoms with Crippen molar-refractivity contribution < 1.29 is 9.59 Å². The molecular weight excluding hydrogens is 349 g/mol. The molecule has 0 atom stereocenters. The summed E-state index contributed by atoms with van der Waals surface area (Å²) < 4.78 is 0. The van der Waals surface area contributed by atoms with Crippen LogP contribution in [0.2, 0.25) is 10.2 Å². The van der Waals surface area contributed by atoms with Crippen LogP contribution in [0.25, 0.3) is 0 Å². The second-order valence-corrected chi connectivity index (χ2v) is 6.29. The van der Waals surface area contributed by atoms with Crippen LogP contribution in [0.5, 0.6) is 0 Å². The molecule has 1 aliphatic heterocycles. The van der Waals surface area contributed by atoms with Crippen molar-refractivity contribution in [1.82, 2.24) is 9.88 Å². The van der Waals surface area contributed by atoms with E-state index in [4.69, 9.17) is 23.2 Å². The van der Waals surface area contributed by atoms with E-state index in [1.807, 2.05) is 4.90 Å². The molecule has 24 heavy (non-hydrogen) atoms. The summed E-state index contributed by atoms with van der Waals surface area (Å²) >= 11 is 11.8. The average molecular weight is 364 g/mol. The van der Waals surface area contributed by atoms with Crippen molar-refractivity contribution in [2.75, 3.05) is 18.4 Å². The first-order chi connectivity index (χ1) is 11.5. The Kier molecular flexibility index (Phi) is 5.02. The van der Waals surface area contributed by atoms with Crippen LogP contribution in [0.4, 0.5) is 5.69 Å². The maximum Gasteiger partial charge on any atom is 0.275 e. The van der Waals surface area contributed by atoms with Crippen molar-refractivity contribution in [1.29, 1.82) is 0 Å². The lowest BCUT2D eigenvalue weighted by Crippen LogP contribution is -2.27. The molecule has 2 amide bonds. The zero-order valence-corrected chi connectivity index (χ0v) is 14.3. The first-order valence-corrected chi connectivity index (χ1v) is 8.33. The topological polar surface area (TPSA) is 62.3 Å². The van der Waals surface area contributed by atoms with Crippen LogP contribution in [-0.4, -0.2) is 34.8 Å². The Hall–Kier alpha value is -2.11. The first kappa shape index (κ1) is 16.7. The minimum absolute atomic E-state index is 0.0185. The number of aromatic nitrogens is 1. The van der Waals surface area contributed by atoms with Crippen molar-refractivity contribution in [3.63, 3.8) is 0 Å². The van der Waals surface area contributed by atoms with Gasteiger partial charge in [0.1, 0.15) is 10.8 Å². The molecule has 5 nitrogen and oxygen atoms in total. The van der Waals surface area contributed by atoms with Gasteiger partial charge in [-0.1, -0.05) is 23.2 Å². The predicted octanol–water partition coefficient (Wildman–Crippen LogP) is 3.88. The number of carbonyl (C=O) groups excluding carboxylic acids is 2. The Morgan fingerprint density at radius 1 is 1.00 bits per heavy atom. The summed E-state index contributed by atoms with van der Waals surface area (Å²) in [5, 5.41) is 3.10. The molecule has 1 aromatic carbocycles. The monoisotopic (exact) mass is 363 g/mol. The molecule has 124 valence electrons. The van der Waals surface area contributed by atoms with E-state index in [9.17, 15) is 9.59 Å². The average Bonchev–Trinajstić information content (AvgIpc) is 3.11. The number of anilines is 1. The number of halogens is 2. The molecule has 0 saturated carbocycles. The van der Waals surface area contributed by atoms with E-state index in [0.29, 0.717) is 11.3 Å². The molecule has 2 aromatic rings. The third-order valence-corrected chi connectivity index (χ3v) is 4.33.